The van der Waals surface area contributed by atoms with E-state index in [0.29, 0.717) is 18.6 Å². The lowest BCUT2D eigenvalue weighted by Crippen LogP contribution is -2.78. The summed E-state index contributed by atoms with van der Waals surface area (Å²) in [5.74, 6) is 1.44. The first-order valence-corrected chi connectivity index (χ1v) is 12.8. The number of nitrogens with zero attached hydrogens (tertiary/aromatic N) is 2. The summed E-state index contributed by atoms with van der Waals surface area (Å²) in [6.45, 7) is 4.10. The van der Waals surface area contributed by atoms with Crippen LogP contribution in [0.15, 0.2) is 24.3 Å². The first-order valence-electron chi connectivity index (χ1n) is 12.8. The van der Waals surface area contributed by atoms with E-state index in [9.17, 15) is 15.0 Å². The Morgan fingerprint density at radius 2 is 2.12 bits per heavy atom. The SMILES string of the molecule is CCCC=CC(=O)N(C)[C@@H]1CC[C@@]2(O)[C@H]3Cc4ccc(O)c5c4[C@@]2(CCN3CC2CC2)[C@H]1O5. The number of carbonyl (C=O) groups excluding carboxylic acids is 1. The van der Waals surface area contributed by atoms with Crippen molar-refractivity contribution in [2.45, 2.75) is 87.5 Å². The molecule has 2 bridgehead atoms. The highest BCUT2D eigenvalue weighted by atomic mass is 16.5. The van der Waals surface area contributed by atoms with E-state index in [-0.39, 0.29) is 29.8 Å². The van der Waals surface area contributed by atoms with Gasteiger partial charge < -0.3 is 19.8 Å². The van der Waals surface area contributed by atoms with E-state index < -0.39 is 11.0 Å². The molecule has 33 heavy (non-hydrogen) atoms. The Morgan fingerprint density at radius 3 is 2.88 bits per heavy atom. The molecule has 5 aliphatic rings. The molecule has 3 fully saturated rings. The standard InChI is InChI=1S/C27H36N2O4/c1-3-4-5-6-22(31)28(2)19-11-12-27(32)21-15-18-9-10-20(30)24-23(18)26(27,25(19)33-24)13-14-29(21)16-17-7-8-17/h5-6,9-10,17,19,21,25,30,32H,3-4,7-8,11-16H2,1-2H3/t19-,21-,25+,26+,27-/m1/s1. The number of phenols is 1. The van der Waals surface area contributed by atoms with Crippen LogP contribution in [-0.4, -0.2) is 69.8 Å². The molecule has 2 saturated carbocycles. The lowest BCUT2D eigenvalue weighted by atomic mass is 9.48. The third-order valence-electron chi connectivity index (χ3n) is 9.29. The van der Waals surface area contributed by atoms with Gasteiger partial charge in [-0.1, -0.05) is 25.5 Å². The van der Waals surface area contributed by atoms with Crippen molar-refractivity contribution in [3.8, 4) is 11.5 Å². The van der Waals surface area contributed by atoms with Gasteiger partial charge in [-0.3, -0.25) is 9.69 Å². The van der Waals surface area contributed by atoms with Crippen molar-refractivity contribution in [1.29, 1.82) is 0 Å². The van der Waals surface area contributed by atoms with Crippen LogP contribution >= 0.6 is 0 Å². The van der Waals surface area contributed by atoms with Crippen LogP contribution in [0.25, 0.3) is 0 Å². The zero-order valence-corrected chi connectivity index (χ0v) is 19.8. The van der Waals surface area contributed by atoms with Crippen LogP contribution in [0.3, 0.4) is 0 Å². The van der Waals surface area contributed by atoms with Gasteiger partial charge >= 0.3 is 0 Å². The Balaban J connectivity index is 1.42. The number of rotatable bonds is 6. The van der Waals surface area contributed by atoms with Crippen LogP contribution in [0.1, 0.15) is 63.0 Å². The minimum Gasteiger partial charge on any atom is -0.504 e. The Kier molecular flexibility index (Phi) is 4.87. The van der Waals surface area contributed by atoms with Crippen LogP contribution < -0.4 is 4.74 Å². The molecule has 1 spiro atoms. The molecule has 1 amide bonds. The molecule has 0 aromatic heterocycles. The van der Waals surface area contributed by atoms with Crippen LogP contribution in [0, 0.1) is 5.92 Å². The number of carbonyl (C=O) groups is 1. The fraction of sp³-hybridized carbons (Fsp3) is 0.667. The number of aromatic hydroxyl groups is 1. The zero-order valence-electron chi connectivity index (χ0n) is 19.8. The summed E-state index contributed by atoms with van der Waals surface area (Å²) >= 11 is 0. The van der Waals surface area contributed by atoms with Crippen LogP contribution in [0.2, 0.25) is 0 Å². The number of allylic oxidation sites excluding steroid dienone is 1. The number of hydrogen-bond donors (Lipinski definition) is 2. The van der Waals surface area contributed by atoms with Crippen molar-refractivity contribution < 1.29 is 19.7 Å². The second-order valence-electron chi connectivity index (χ2n) is 11.0. The number of ether oxygens (including phenoxy) is 1. The van der Waals surface area contributed by atoms with E-state index in [2.05, 4.69) is 11.8 Å². The minimum absolute atomic E-state index is 0.0159. The number of benzene rings is 1. The number of likely N-dealkylation sites (tertiary alicyclic amines) is 1. The highest BCUT2D eigenvalue weighted by molar-refractivity contribution is 5.87. The van der Waals surface area contributed by atoms with E-state index in [1.165, 1.54) is 18.4 Å². The normalized spacial score (nSPS) is 36.5. The molecule has 0 radical (unpaired) electrons. The summed E-state index contributed by atoms with van der Waals surface area (Å²) in [5.41, 5.74) is 0.724. The smallest absolute Gasteiger partial charge is 0.246 e. The molecular weight excluding hydrogens is 416 g/mol. The van der Waals surface area contributed by atoms with E-state index in [1.807, 2.05) is 24.1 Å². The molecule has 1 saturated heterocycles. The molecule has 2 aliphatic heterocycles. The summed E-state index contributed by atoms with van der Waals surface area (Å²) in [7, 11) is 1.86. The molecule has 178 valence electrons. The van der Waals surface area contributed by atoms with Crippen molar-refractivity contribution in [2.24, 2.45) is 5.92 Å². The van der Waals surface area contributed by atoms with Crippen LogP contribution in [-0.2, 0) is 16.6 Å². The number of unbranched alkanes of at least 4 members (excludes halogenated alkanes) is 1. The maximum absolute atomic E-state index is 13.0. The third kappa shape index (κ3) is 2.89. The van der Waals surface area contributed by atoms with Gasteiger partial charge in [0.2, 0.25) is 5.91 Å². The van der Waals surface area contributed by atoms with Crippen molar-refractivity contribution >= 4 is 5.91 Å². The van der Waals surface area contributed by atoms with Gasteiger partial charge in [-0.15, -0.1) is 0 Å². The van der Waals surface area contributed by atoms with Gasteiger partial charge in [0, 0.05) is 25.2 Å². The minimum atomic E-state index is -0.907. The molecule has 1 aromatic rings. The Bertz CT molecular complexity index is 1000. The fourth-order valence-electron chi connectivity index (χ4n) is 7.48. The highest BCUT2D eigenvalue weighted by Gasteiger charge is 2.73. The van der Waals surface area contributed by atoms with Gasteiger partial charge in [0.1, 0.15) is 6.10 Å². The molecule has 2 heterocycles. The quantitative estimate of drug-likeness (QED) is 0.649. The van der Waals surface area contributed by atoms with E-state index >= 15 is 0 Å². The Labute approximate surface area is 196 Å². The lowest BCUT2D eigenvalue weighted by molar-refractivity contribution is -0.200. The van der Waals surface area contributed by atoms with E-state index in [1.54, 1.807) is 12.1 Å². The first-order chi connectivity index (χ1) is 15.9. The van der Waals surface area contributed by atoms with Crippen molar-refractivity contribution in [3.63, 3.8) is 0 Å². The van der Waals surface area contributed by atoms with E-state index in [0.717, 1.165) is 50.3 Å². The molecule has 2 N–H and O–H groups in total. The predicted octanol–water partition coefficient (Wildman–Crippen LogP) is 3.14. The third-order valence-corrected chi connectivity index (χ3v) is 9.29. The lowest BCUT2D eigenvalue weighted by Gasteiger charge is -2.64. The zero-order chi connectivity index (χ0) is 23.0. The van der Waals surface area contributed by atoms with Gasteiger partial charge in [0.15, 0.2) is 11.5 Å². The molecular formula is C27H36N2O4. The molecule has 3 aliphatic carbocycles. The molecule has 6 nitrogen and oxygen atoms in total. The maximum atomic E-state index is 13.0. The molecule has 1 aromatic carbocycles. The number of amides is 1. The summed E-state index contributed by atoms with van der Waals surface area (Å²) in [5, 5.41) is 23.2. The van der Waals surface area contributed by atoms with Crippen LogP contribution in [0.5, 0.6) is 11.5 Å². The average Bonchev–Trinajstić information content (AvgIpc) is 3.54. The summed E-state index contributed by atoms with van der Waals surface area (Å²) in [6, 6.07) is 3.69. The van der Waals surface area contributed by atoms with Crippen LogP contribution in [0.4, 0.5) is 0 Å². The van der Waals surface area contributed by atoms with Gasteiger partial charge in [0.25, 0.3) is 0 Å². The first kappa shape index (κ1) is 21.5. The maximum Gasteiger partial charge on any atom is 0.246 e. The van der Waals surface area contributed by atoms with Gasteiger partial charge in [0.05, 0.1) is 17.1 Å². The summed E-state index contributed by atoms with van der Waals surface area (Å²) in [6.07, 6.45) is 10.7. The summed E-state index contributed by atoms with van der Waals surface area (Å²) in [4.78, 5) is 17.4. The monoisotopic (exact) mass is 452 g/mol. The Hall–Kier alpha value is -2.05. The second kappa shape index (κ2) is 7.47. The largest absolute Gasteiger partial charge is 0.504 e. The Morgan fingerprint density at radius 1 is 1.30 bits per heavy atom. The fourth-order valence-corrected chi connectivity index (χ4v) is 7.48. The number of aliphatic hydroxyl groups is 1. The number of piperidine rings is 1. The number of hydrogen-bond acceptors (Lipinski definition) is 5. The average molecular weight is 453 g/mol. The second-order valence-corrected chi connectivity index (χ2v) is 11.0. The molecule has 6 rings (SSSR count). The van der Waals surface area contributed by atoms with E-state index in [4.69, 9.17) is 4.74 Å². The summed E-state index contributed by atoms with van der Waals surface area (Å²) < 4.78 is 6.57. The van der Waals surface area contributed by atoms with Crippen molar-refractivity contribution in [3.05, 3.63) is 35.4 Å². The number of phenolic OH excluding ortho intramolecular Hbond substituents is 1. The molecule has 0 unspecified atom stereocenters. The van der Waals surface area contributed by atoms with Gasteiger partial charge in [-0.2, -0.15) is 0 Å². The van der Waals surface area contributed by atoms with Crippen molar-refractivity contribution in [1.82, 2.24) is 9.80 Å². The predicted molar refractivity (Wildman–Crippen MR) is 125 cm³/mol. The molecule has 6 heteroatoms. The van der Waals surface area contributed by atoms with Gasteiger partial charge in [-0.05, 0) is 75.1 Å². The highest BCUT2D eigenvalue weighted by Crippen LogP contribution is 2.66. The number of likely N-dealkylation sites (N-methyl/N-ethyl adjacent to an activating group) is 1. The van der Waals surface area contributed by atoms with Gasteiger partial charge in [-0.25, -0.2) is 0 Å². The topological polar surface area (TPSA) is 73.2 Å². The molecule has 5 atom stereocenters. The van der Waals surface area contributed by atoms with Crippen molar-refractivity contribution in [2.75, 3.05) is 20.1 Å².